The first-order valence-electron chi connectivity index (χ1n) is 12.1. The number of aryl methyl sites for hydroxylation is 1. The fourth-order valence-corrected chi connectivity index (χ4v) is 7.09. The summed E-state index contributed by atoms with van der Waals surface area (Å²) in [7, 11) is -3.64. The normalized spacial score (nSPS) is 14.8. The molecule has 1 aromatic heterocycles. The Kier molecular flexibility index (Phi) is 8.57. The number of sulfonamides is 1. The molecule has 196 valence electrons. The van der Waals surface area contributed by atoms with Gasteiger partial charge in [0, 0.05) is 35.7 Å². The average molecular weight is 544 g/mol. The van der Waals surface area contributed by atoms with E-state index in [1.165, 1.54) is 34.1 Å². The van der Waals surface area contributed by atoms with E-state index in [4.69, 9.17) is 4.74 Å². The van der Waals surface area contributed by atoms with Gasteiger partial charge >= 0.3 is 0 Å². The summed E-state index contributed by atoms with van der Waals surface area (Å²) in [5.41, 5.74) is 1.43. The molecule has 2 heterocycles. The van der Waals surface area contributed by atoms with E-state index in [0.717, 1.165) is 29.9 Å². The largest absolute Gasteiger partial charge is 0.490 e. The number of carbonyl (C=O) groups excluding carboxylic acids is 1. The van der Waals surface area contributed by atoms with Gasteiger partial charge in [-0.3, -0.25) is 14.9 Å². The third kappa shape index (κ3) is 6.73. The lowest BCUT2D eigenvalue weighted by molar-refractivity contribution is -0.384. The number of benzene rings is 2. The summed E-state index contributed by atoms with van der Waals surface area (Å²) in [6, 6.07) is 16.6. The van der Waals surface area contributed by atoms with Crippen molar-refractivity contribution in [2.75, 3.05) is 13.1 Å². The summed E-state index contributed by atoms with van der Waals surface area (Å²) in [5.74, 6) is 0.431. The molecule has 1 amide bonds. The van der Waals surface area contributed by atoms with Crippen LogP contribution in [-0.4, -0.2) is 42.7 Å². The number of nitrogens with one attached hydrogen (secondary N) is 1. The summed E-state index contributed by atoms with van der Waals surface area (Å²) < 4.78 is 34.2. The Bertz CT molecular complexity index is 1350. The van der Waals surface area contributed by atoms with Crippen molar-refractivity contribution < 1.29 is 22.9 Å². The third-order valence-corrected chi connectivity index (χ3v) is 9.59. The van der Waals surface area contributed by atoms with Gasteiger partial charge in [0.25, 0.3) is 21.6 Å². The number of nitro benzene ring substituents is 1. The van der Waals surface area contributed by atoms with Crippen molar-refractivity contribution in [1.82, 2.24) is 9.62 Å². The van der Waals surface area contributed by atoms with Gasteiger partial charge in [-0.25, -0.2) is 8.42 Å². The van der Waals surface area contributed by atoms with E-state index in [1.54, 1.807) is 12.1 Å². The molecule has 2 aromatic carbocycles. The molecule has 0 aliphatic carbocycles. The van der Waals surface area contributed by atoms with Crippen LogP contribution in [-0.2, 0) is 23.0 Å². The van der Waals surface area contributed by atoms with Crippen molar-refractivity contribution in [1.29, 1.82) is 0 Å². The predicted molar refractivity (Wildman–Crippen MR) is 141 cm³/mol. The fraction of sp³-hybridized carbons (Fsp3) is 0.346. The lowest BCUT2D eigenvalue weighted by Gasteiger charge is -2.31. The molecule has 0 saturated carbocycles. The molecule has 4 rings (SSSR count). The van der Waals surface area contributed by atoms with Crippen LogP contribution in [0.2, 0.25) is 0 Å². The van der Waals surface area contributed by atoms with Crippen LogP contribution in [0, 0.1) is 10.1 Å². The second-order valence-corrected chi connectivity index (χ2v) is 12.2. The first-order chi connectivity index (χ1) is 17.8. The second-order valence-electron chi connectivity index (χ2n) is 8.83. The Hall–Kier alpha value is -3.28. The Morgan fingerprint density at radius 1 is 1.14 bits per heavy atom. The molecule has 0 bridgehead atoms. The molecule has 0 radical (unpaired) electrons. The number of hydrogen-bond donors (Lipinski definition) is 1. The minimum Gasteiger partial charge on any atom is -0.490 e. The van der Waals surface area contributed by atoms with E-state index in [-0.39, 0.29) is 28.1 Å². The molecule has 1 fully saturated rings. The van der Waals surface area contributed by atoms with Gasteiger partial charge in [-0.2, -0.15) is 4.31 Å². The van der Waals surface area contributed by atoms with Gasteiger partial charge in [0.1, 0.15) is 16.1 Å². The predicted octanol–water partition coefficient (Wildman–Crippen LogP) is 4.77. The van der Waals surface area contributed by atoms with Crippen molar-refractivity contribution in [3.05, 3.63) is 86.8 Å². The first-order valence-corrected chi connectivity index (χ1v) is 14.4. The monoisotopic (exact) mass is 543 g/mol. The summed E-state index contributed by atoms with van der Waals surface area (Å²) >= 11 is 1.12. The van der Waals surface area contributed by atoms with Crippen LogP contribution in [0.1, 0.15) is 47.0 Å². The van der Waals surface area contributed by atoms with E-state index in [9.17, 15) is 23.3 Å². The number of ether oxygens (including phenoxy) is 1. The number of amides is 1. The Labute approximate surface area is 220 Å². The highest BCUT2D eigenvalue weighted by Gasteiger charge is 2.31. The number of thiophene rings is 1. The van der Waals surface area contributed by atoms with Gasteiger partial charge < -0.3 is 10.1 Å². The number of piperidine rings is 1. The minimum absolute atomic E-state index is 0.0307. The maximum atomic E-state index is 13.2. The van der Waals surface area contributed by atoms with Crippen molar-refractivity contribution in [3.8, 4) is 5.75 Å². The summed E-state index contributed by atoms with van der Waals surface area (Å²) in [5, 5.41) is 13.5. The molecule has 1 N–H and O–H groups in total. The molecule has 11 heteroatoms. The molecule has 9 nitrogen and oxygen atoms in total. The van der Waals surface area contributed by atoms with E-state index in [2.05, 4.69) is 24.4 Å². The molecule has 1 aliphatic rings. The van der Waals surface area contributed by atoms with Gasteiger partial charge in [-0.15, -0.1) is 11.3 Å². The number of rotatable bonds is 10. The van der Waals surface area contributed by atoms with Gasteiger partial charge in [0.15, 0.2) is 0 Å². The fourth-order valence-electron chi connectivity index (χ4n) is 4.17. The molecule has 1 aliphatic heterocycles. The summed E-state index contributed by atoms with van der Waals surface area (Å²) in [4.78, 5) is 23.3. The zero-order valence-corrected chi connectivity index (χ0v) is 22.1. The number of carbonyl (C=O) groups is 1. The van der Waals surface area contributed by atoms with Gasteiger partial charge in [0.05, 0.1) is 11.5 Å². The van der Waals surface area contributed by atoms with Crippen LogP contribution in [0.3, 0.4) is 0 Å². The highest BCUT2D eigenvalue weighted by atomic mass is 32.2. The van der Waals surface area contributed by atoms with Gasteiger partial charge in [-0.1, -0.05) is 25.5 Å². The molecule has 37 heavy (non-hydrogen) atoms. The summed E-state index contributed by atoms with van der Waals surface area (Å²) in [6.45, 7) is 3.05. The van der Waals surface area contributed by atoms with Crippen molar-refractivity contribution in [2.45, 2.75) is 49.5 Å². The quantitative estimate of drug-likeness (QED) is 0.291. The maximum Gasteiger partial charge on any atom is 0.269 e. The molecular weight excluding hydrogens is 514 g/mol. The number of nitro groups is 1. The molecule has 3 aromatic rings. The van der Waals surface area contributed by atoms with Crippen LogP contribution < -0.4 is 10.1 Å². The molecular formula is C26H29N3O6S2. The zero-order chi connectivity index (χ0) is 26.4. The number of nitrogens with zero attached hydrogens (tertiary/aromatic N) is 2. The van der Waals surface area contributed by atoms with Crippen LogP contribution in [0.5, 0.6) is 5.75 Å². The van der Waals surface area contributed by atoms with Gasteiger partial charge in [-0.05, 0) is 61.2 Å². The highest BCUT2D eigenvalue weighted by Crippen LogP contribution is 2.28. The number of hydrogen-bond acceptors (Lipinski definition) is 7. The molecule has 0 spiro atoms. The SMILES string of the molecule is CCCc1cccc(OC2CCN(S(=O)(=O)c3ccc(CNC(=O)c4ccc([N+](=O)[O-])cc4)s3)CC2)c1. The van der Waals surface area contributed by atoms with E-state index in [1.807, 2.05) is 12.1 Å². The first kappa shape index (κ1) is 26.8. The second kappa shape index (κ2) is 11.8. The lowest BCUT2D eigenvalue weighted by atomic mass is 10.1. The standard InChI is InChI=1S/C26H29N3O6S2/c1-2-4-19-5-3-6-23(17-19)35-22-13-15-28(16-14-22)37(33,34)25-12-11-24(36-25)18-27-26(30)20-7-9-21(10-8-20)29(31)32/h3,5-12,17,22H,2,4,13-16,18H2,1H3,(H,27,30). The zero-order valence-electron chi connectivity index (χ0n) is 20.5. The topological polar surface area (TPSA) is 119 Å². The van der Waals surface area contributed by atoms with Crippen LogP contribution in [0.25, 0.3) is 0 Å². The Morgan fingerprint density at radius 2 is 1.86 bits per heavy atom. The smallest absolute Gasteiger partial charge is 0.269 e. The van der Waals surface area contributed by atoms with Crippen LogP contribution >= 0.6 is 11.3 Å². The molecule has 1 saturated heterocycles. The van der Waals surface area contributed by atoms with E-state index in [0.29, 0.717) is 30.8 Å². The molecule has 0 atom stereocenters. The number of non-ortho nitro benzene ring substituents is 1. The van der Waals surface area contributed by atoms with Crippen molar-refractivity contribution in [3.63, 3.8) is 0 Å². The van der Waals surface area contributed by atoms with E-state index >= 15 is 0 Å². The summed E-state index contributed by atoms with van der Waals surface area (Å²) in [6.07, 6.45) is 3.26. The average Bonchev–Trinajstić information content (AvgIpc) is 3.38. The molecule has 0 unspecified atom stereocenters. The van der Waals surface area contributed by atoms with Crippen molar-refractivity contribution in [2.24, 2.45) is 0 Å². The lowest BCUT2D eigenvalue weighted by Crippen LogP contribution is -2.41. The Morgan fingerprint density at radius 3 is 2.54 bits per heavy atom. The minimum atomic E-state index is -3.64. The maximum absolute atomic E-state index is 13.2. The van der Waals surface area contributed by atoms with Crippen LogP contribution in [0.15, 0.2) is 64.9 Å². The van der Waals surface area contributed by atoms with E-state index < -0.39 is 20.9 Å². The third-order valence-electron chi connectivity index (χ3n) is 6.14. The van der Waals surface area contributed by atoms with Gasteiger partial charge in [0.2, 0.25) is 0 Å². The van der Waals surface area contributed by atoms with Crippen molar-refractivity contribution >= 4 is 33.0 Å². The Balaban J connectivity index is 1.30. The highest BCUT2D eigenvalue weighted by molar-refractivity contribution is 7.91. The van der Waals surface area contributed by atoms with Crippen LogP contribution in [0.4, 0.5) is 5.69 Å².